The Labute approximate surface area is 120 Å². The Bertz CT molecular complexity index is 570. The molecule has 110 valence electrons. The third-order valence-corrected chi connectivity index (χ3v) is 3.99. The zero-order valence-corrected chi connectivity index (χ0v) is 12.6. The second-order valence-corrected chi connectivity index (χ2v) is 6.22. The number of aliphatic hydroxyl groups excluding tert-OH is 1. The summed E-state index contributed by atoms with van der Waals surface area (Å²) < 4.78 is 1.90. The van der Waals surface area contributed by atoms with Crippen LogP contribution in [0.4, 0.5) is 0 Å². The molecule has 1 aromatic carbocycles. The normalized spacial score (nSPS) is 14.9. The van der Waals surface area contributed by atoms with E-state index in [0.29, 0.717) is 12.5 Å². The number of hydrogen-bond donors (Lipinski definition) is 2. The van der Waals surface area contributed by atoms with E-state index in [1.54, 1.807) is 0 Å². The molecule has 0 aliphatic carbocycles. The van der Waals surface area contributed by atoms with Crippen LogP contribution in [0.15, 0.2) is 24.3 Å². The van der Waals surface area contributed by atoms with Gasteiger partial charge in [0.15, 0.2) is 0 Å². The number of nitrogens with zero attached hydrogens (tertiary/aromatic N) is 2. The van der Waals surface area contributed by atoms with Crippen molar-refractivity contribution in [3.63, 3.8) is 0 Å². The number of hydrogen-bond acceptors (Lipinski definition) is 3. The summed E-state index contributed by atoms with van der Waals surface area (Å²) in [5.41, 5.74) is 7.85. The summed E-state index contributed by atoms with van der Waals surface area (Å²) in [5.74, 6) is 0.501. The van der Waals surface area contributed by atoms with Gasteiger partial charge in [0.1, 0.15) is 0 Å². The van der Waals surface area contributed by atoms with Gasteiger partial charge < -0.3 is 10.8 Å². The van der Waals surface area contributed by atoms with Crippen LogP contribution in [0.1, 0.15) is 26.0 Å². The fourth-order valence-corrected chi connectivity index (χ4v) is 3.05. The van der Waals surface area contributed by atoms with E-state index in [0.717, 1.165) is 29.4 Å². The van der Waals surface area contributed by atoms with Crippen LogP contribution < -0.4 is 5.73 Å². The maximum atomic E-state index is 9.85. The highest BCUT2D eigenvalue weighted by molar-refractivity contribution is 5.81. The topological polar surface area (TPSA) is 64.1 Å². The van der Waals surface area contributed by atoms with Crippen LogP contribution in [0.3, 0.4) is 0 Å². The number of para-hydroxylation sites is 1. The van der Waals surface area contributed by atoms with E-state index in [4.69, 9.17) is 5.73 Å². The Kier molecular flexibility index (Phi) is 4.45. The molecular formula is C16H25N3O. The van der Waals surface area contributed by atoms with Gasteiger partial charge in [0.2, 0.25) is 0 Å². The molecule has 4 heteroatoms. The van der Waals surface area contributed by atoms with Gasteiger partial charge in [-0.25, -0.2) is 0 Å². The molecule has 2 rings (SSSR count). The summed E-state index contributed by atoms with van der Waals surface area (Å²) in [7, 11) is 1.96. The molecule has 1 aromatic heterocycles. The number of fused-ring (bicyclic) bond motifs is 1. The number of rotatable bonds is 6. The minimum atomic E-state index is -0.273. The molecule has 3 N–H and O–H groups in total. The molecule has 1 unspecified atom stereocenters. The summed E-state index contributed by atoms with van der Waals surface area (Å²) >= 11 is 0. The second kappa shape index (κ2) is 5.94. The largest absolute Gasteiger partial charge is 0.396 e. The van der Waals surface area contributed by atoms with Gasteiger partial charge in [0.25, 0.3) is 0 Å². The number of benzene rings is 1. The summed E-state index contributed by atoms with van der Waals surface area (Å²) in [5, 5.41) is 15.6. The van der Waals surface area contributed by atoms with Gasteiger partial charge in [-0.05, 0) is 18.4 Å². The quantitative estimate of drug-likeness (QED) is 0.848. The first-order chi connectivity index (χ1) is 9.51. The van der Waals surface area contributed by atoms with Crippen molar-refractivity contribution in [2.75, 3.05) is 13.2 Å². The monoisotopic (exact) mass is 275 g/mol. The van der Waals surface area contributed by atoms with E-state index >= 15 is 0 Å². The lowest BCUT2D eigenvalue weighted by Gasteiger charge is -2.31. The lowest BCUT2D eigenvalue weighted by atomic mass is 9.77. The Morgan fingerprint density at radius 3 is 2.65 bits per heavy atom. The van der Waals surface area contributed by atoms with Crippen molar-refractivity contribution in [1.29, 1.82) is 0 Å². The molecule has 1 heterocycles. The predicted octanol–water partition coefficient (Wildman–Crippen LogP) is 2.10. The van der Waals surface area contributed by atoms with E-state index in [1.165, 1.54) is 0 Å². The molecule has 2 aromatic rings. The van der Waals surface area contributed by atoms with Gasteiger partial charge in [-0.2, -0.15) is 5.10 Å². The summed E-state index contributed by atoms with van der Waals surface area (Å²) in [6.45, 7) is 4.91. The molecule has 0 radical (unpaired) electrons. The van der Waals surface area contributed by atoms with Gasteiger partial charge in [0, 0.05) is 30.8 Å². The number of aryl methyl sites for hydroxylation is 1. The highest BCUT2D eigenvalue weighted by Gasteiger charge is 2.31. The average Bonchev–Trinajstić information content (AvgIpc) is 2.74. The predicted molar refractivity (Wildman–Crippen MR) is 82.4 cm³/mol. The fraction of sp³-hybridized carbons (Fsp3) is 0.562. The van der Waals surface area contributed by atoms with Crippen LogP contribution in [0.5, 0.6) is 0 Å². The van der Waals surface area contributed by atoms with E-state index in [-0.39, 0.29) is 12.0 Å². The molecule has 0 bridgehead atoms. The van der Waals surface area contributed by atoms with Crippen molar-refractivity contribution in [3.8, 4) is 0 Å². The lowest BCUT2D eigenvalue weighted by Crippen LogP contribution is -2.38. The fourth-order valence-electron chi connectivity index (χ4n) is 3.05. The summed E-state index contributed by atoms with van der Waals surface area (Å²) in [4.78, 5) is 0. The van der Waals surface area contributed by atoms with Crippen LogP contribution in [0.2, 0.25) is 0 Å². The molecule has 0 spiro atoms. The number of aromatic nitrogens is 2. The molecule has 0 aliphatic heterocycles. The highest BCUT2D eigenvalue weighted by Crippen LogP contribution is 2.31. The molecular weight excluding hydrogens is 250 g/mol. The van der Waals surface area contributed by atoms with E-state index in [1.807, 2.05) is 23.9 Å². The van der Waals surface area contributed by atoms with Gasteiger partial charge >= 0.3 is 0 Å². The molecule has 4 nitrogen and oxygen atoms in total. The van der Waals surface area contributed by atoms with E-state index in [2.05, 4.69) is 31.1 Å². The minimum absolute atomic E-state index is 0.104. The van der Waals surface area contributed by atoms with Crippen molar-refractivity contribution in [2.45, 2.75) is 26.7 Å². The molecule has 0 aliphatic rings. The van der Waals surface area contributed by atoms with Crippen molar-refractivity contribution in [3.05, 3.63) is 30.0 Å². The molecule has 0 fully saturated rings. The number of aliphatic hydroxyl groups is 1. The zero-order valence-electron chi connectivity index (χ0n) is 12.6. The maximum absolute atomic E-state index is 9.85. The van der Waals surface area contributed by atoms with E-state index in [9.17, 15) is 5.11 Å². The Balaban J connectivity index is 2.38. The first-order valence-corrected chi connectivity index (χ1v) is 7.23. The van der Waals surface area contributed by atoms with Crippen LogP contribution >= 0.6 is 0 Å². The van der Waals surface area contributed by atoms with Gasteiger partial charge in [-0.1, -0.05) is 32.0 Å². The molecule has 1 atom stereocenters. The second-order valence-electron chi connectivity index (χ2n) is 6.22. The van der Waals surface area contributed by atoms with Crippen molar-refractivity contribution in [1.82, 2.24) is 9.78 Å². The third kappa shape index (κ3) is 2.86. The minimum Gasteiger partial charge on any atom is -0.396 e. The van der Waals surface area contributed by atoms with Crippen LogP contribution in [0, 0.1) is 11.3 Å². The Morgan fingerprint density at radius 1 is 1.35 bits per heavy atom. The SMILES string of the molecule is CC(C)CC(CN)(CO)Cc1nn(C)c2ccccc12. The van der Waals surface area contributed by atoms with Crippen molar-refractivity contribution >= 4 is 10.9 Å². The first kappa shape index (κ1) is 15.0. The highest BCUT2D eigenvalue weighted by atomic mass is 16.3. The zero-order chi connectivity index (χ0) is 14.8. The van der Waals surface area contributed by atoms with Crippen molar-refractivity contribution < 1.29 is 5.11 Å². The third-order valence-electron chi connectivity index (χ3n) is 3.99. The first-order valence-electron chi connectivity index (χ1n) is 7.23. The molecule has 0 saturated heterocycles. The Morgan fingerprint density at radius 2 is 2.05 bits per heavy atom. The van der Waals surface area contributed by atoms with Gasteiger partial charge in [0.05, 0.1) is 17.8 Å². The Hall–Kier alpha value is -1.39. The van der Waals surface area contributed by atoms with Gasteiger partial charge in [-0.3, -0.25) is 4.68 Å². The van der Waals surface area contributed by atoms with Crippen LogP contribution in [-0.2, 0) is 13.5 Å². The molecule has 0 saturated carbocycles. The molecule has 0 amide bonds. The standard InChI is InChI=1S/C16H25N3O/c1-12(2)8-16(10-17,11-20)9-14-13-6-4-5-7-15(13)19(3)18-14/h4-7,12,20H,8-11,17H2,1-3H3. The number of nitrogens with two attached hydrogens (primary N) is 1. The lowest BCUT2D eigenvalue weighted by molar-refractivity contribution is 0.107. The van der Waals surface area contributed by atoms with Crippen LogP contribution in [-0.4, -0.2) is 28.0 Å². The molecule has 20 heavy (non-hydrogen) atoms. The van der Waals surface area contributed by atoms with E-state index < -0.39 is 0 Å². The summed E-state index contributed by atoms with van der Waals surface area (Å²) in [6, 6.07) is 8.20. The summed E-state index contributed by atoms with van der Waals surface area (Å²) in [6.07, 6.45) is 1.63. The smallest absolute Gasteiger partial charge is 0.0710 e. The average molecular weight is 275 g/mol. The maximum Gasteiger partial charge on any atom is 0.0710 e. The van der Waals surface area contributed by atoms with Crippen LogP contribution in [0.25, 0.3) is 10.9 Å². The van der Waals surface area contributed by atoms with Gasteiger partial charge in [-0.15, -0.1) is 0 Å². The van der Waals surface area contributed by atoms with Crippen molar-refractivity contribution in [2.24, 2.45) is 24.1 Å².